The summed E-state index contributed by atoms with van der Waals surface area (Å²) >= 11 is 12.1. The second kappa shape index (κ2) is 7.60. The average Bonchev–Trinajstić information content (AvgIpc) is 2.48. The summed E-state index contributed by atoms with van der Waals surface area (Å²) in [5.74, 6) is 0.0946. The van der Waals surface area contributed by atoms with Crippen LogP contribution in [0.3, 0.4) is 0 Å². The van der Waals surface area contributed by atoms with Crippen LogP contribution in [-0.4, -0.2) is 17.5 Å². The van der Waals surface area contributed by atoms with Crippen molar-refractivity contribution in [1.29, 1.82) is 0 Å². The summed E-state index contributed by atoms with van der Waals surface area (Å²) in [6.45, 7) is 0.126. The monoisotopic (exact) mass is 322 g/mol. The fraction of sp³-hybridized carbons (Fsp3) is 0.235. The molecule has 2 rings (SSSR count). The number of carbonyl (C=O) groups is 1. The van der Waals surface area contributed by atoms with E-state index in [0.717, 1.165) is 11.1 Å². The molecule has 0 saturated heterocycles. The number of hydrogen-bond acceptors (Lipinski definition) is 2. The van der Waals surface area contributed by atoms with Gasteiger partial charge in [0.1, 0.15) is 0 Å². The van der Waals surface area contributed by atoms with Gasteiger partial charge in [0.25, 0.3) is 0 Å². The van der Waals surface area contributed by atoms with Crippen LogP contribution < -0.4 is 0 Å². The highest BCUT2D eigenvalue weighted by molar-refractivity contribution is 6.36. The standard InChI is InChI=1S/C17H16Cl2O2/c18-14-8-9-15(16(19)11-14)12-4-6-13(7-5-12)17(21)3-1-2-10-20/h4-9,11,20H,1-3,10H2. The van der Waals surface area contributed by atoms with Crippen LogP contribution in [0.25, 0.3) is 11.1 Å². The van der Waals surface area contributed by atoms with Gasteiger partial charge in [0.05, 0.1) is 0 Å². The maximum absolute atomic E-state index is 12.0. The predicted octanol–water partition coefficient (Wildman–Crippen LogP) is 5.01. The number of unbranched alkanes of at least 4 members (excludes halogenated alkanes) is 1. The Morgan fingerprint density at radius 1 is 1.00 bits per heavy atom. The summed E-state index contributed by atoms with van der Waals surface area (Å²) in [6.07, 6.45) is 1.83. The van der Waals surface area contributed by atoms with E-state index in [4.69, 9.17) is 28.3 Å². The van der Waals surface area contributed by atoms with Gasteiger partial charge in [-0.3, -0.25) is 4.79 Å². The van der Waals surface area contributed by atoms with Crippen molar-refractivity contribution in [3.8, 4) is 11.1 Å². The Labute approximate surface area is 134 Å². The van der Waals surface area contributed by atoms with Gasteiger partial charge in [-0.1, -0.05) is 53.5 Å². The van der Waals surface area contributed by atoms with Crippen molar-refractivity contribution >= 4 is 29.0 Å². The number of halogens is 2. The van der Waals surface area contributed by atoms with E-state index in [1.165, 1.54) is 0 Å². The molecule has 0 bridgehead atoms. The van der Waals surface area contributed by atoms with E-state index in [9.17, 15) is 4.79 Å². The molecule has 0 aromatic heterocycles. The molecule has 4 heteroatoms. The summed E-state index contributed by atoms with van der Waals surface area (Å²) in [5.41, 5.74) is 2.52. The molecule has 0 unspecified atom stereocenters. The van der Waals surface area contributed by atoms with Crippen LogP contribution in [0.4, 0.5) is 0 Å². The molecule has 0 aliphatic rings. The fourth-order valence-electron chi connectivity index (χ4n) is 2.10. The largest absolute Gasteiger partial charge is 0.396 e. The number of carbonyl (C=O) groups excluding carboxylic acids is 1. The number of rotatable bonds is 6. The minimum absolute atomic E-state index is 0.0946. The smallest absolute Gasteiger partial charge is 0.162 e. The summed E-state index contributed by atoms with van der Waals surface area (Å²) in [7, 11) is 0. The van der Waals surface area contributed by atoms with E-state index in [-0.39, 0.29) is 12.4 Å². The van der Waals surface area contributed by atoms with Crippen molar-refractivity contribution in [1.82, 2.24) is 0 Å². The summed E-state index contributed by atoms with van der Waals surface area (Å²) in [4.78, 5) is 12.0. The number of aliphatic hydroxyl groups is 1. The van der Waals surface area contributed by atoms with Gasteiger partial charge in [0.15, 0.2) is 5.78 Å². The molecule has 0 aliphatic heterocycles. The maximum Gasteiger partial charge on any atom is 0.162 e. The molecule has 2 nitrogen and oxygen atoms in total. The van der Waals surface area contributed by atoms with Crippen molar-refractivity contribution in [3.05, 3.63) is 58.1 Å². The second-order valence-corrected chi connectivity index (χ2v) is 5.65. The molecule has 0 fully saturated rings. The lowest BCUT2D eigenvalue weighted by atomic mass is 10.0. The lowest BCUT2D eigenvalue weighted by Gasteiger charge is -2.06. The first kappa shape index (κ1) is 16.0. The van der Waals surface area contributed by atoms with Crippen molar-refractivity contribution in [2.45, 2.75) is 19.3 Å². The van der Waals surface area contributed by atoms with E-state index in [1.54, 1.807) is 12.1 Å². The van der Waals surface area contributed by atoms with E-state index in [1.807, 2.05) is 30.3 Å². The second-order valence-electron chi connectivity index (χ2n) is 4.81. The van der Waals surface area contributed by atoms with Crippen molar-refractivity contribution < 1.29 is 9.90 Å². The first-order chi connectivity index (χ1) is 10.1. The molecular formula is C17H16Cl2O2. The van der Waals surface area contributed by atoms with Crippen LogP contribution in [0.5, 0.6) is 0 Å². The highest BCUT2D eigenvalue weighted by Gasteiger charge is 2.08. The van der Waals surface area contributed by atoms with Crippen molar-refractivity contribution in [3.63, 3.8) is 0 Å². The van der Waals surface area contributed by atoms with Crippen LogP contribution in [0.2, 0.25) is 10.0 Å². The minimum atomic E-state index is 0.0946. The molecule has 0 saturated carbocycles. The Morgan fingerprint density at radius 2 is 1.71 bits per heavy atom. The topological polar surface area (TPSA) is 37.3 Å². The van der Waals surface area contributed by atoms with E-state index < -0.39 is 0 Å². The maximum atomic E-state index is 12.0. The highest BCUT2D eigenvalue weighted by atomic mass is 35.5. The predicted molar refractivity (Wildman–Crippen MR) is 87.2 cm³/mol. The van der Waals surface area contributed by atoms with Crippen molar-refractivity contribution in [2.75, 3.05) is 6.61 Å². The first-order valence-electron chi connectivity index (χ1n) is 6.81. The van der Waals surface area contributed by atoms with Crippen molar-refractivity contribution in [2.24, 2.45) is 0 Å². The van der Waals surface area contributed by atoms with Crippen LogP contribution in [0.15, 0.2) is 42.5 Å². The average molecular weight is 323 g/mol. The highest BCUT2D eigenvalue weighted by Crippen LogP contribution is 2.30. The quantitative estimate of drug-likeness (QED) is 0.599. The normalized spacial score (nSPS) is 10.6. The Hall–Kier alpha value is -1.35. The van der Waals surface area contributed by atoms with Crippen LogP contribution in [0.1, 0.15) is 29.6 Å². The lowest BCUT2D eigenvalue weighted by Crippen LogP contribution is -1.99. The van der Waals surface area contributed by atoms with Gasteiger partial charge < -0.3 is 5.11 Å². The molecule has 21 heavy (non-hydrogen) atoms. The number of aliphatic hydroxyl groups excluding tert-OH is 1. The van der Waals surface area contributed by atoms with Gasteiger partial charge in [0, 0.05) is 34.2 Å². The molecule has 0 radical (unpaired) electrons. The number of ketones is 1. The van der Waals surface area contributed by atoms with Crippen LogP contribution in [0, 0.1) is 0 Å². The summed E-state index contributed by atoms with van der Waals surface area (Å²) in [6, 6.07) is 12.7. The molecule has 2 aromatic rings. The number of benzene rings is 2. The SMILES string of the molecule is O=C(CCCCO)c1ccc(-c2ccc(Cl)cc2Cl)cc1. The van der Waals surface area contributed by atoms with E-state index in [2.05, 4.69) is 0 Å². The molecule has 0 spiro atoms. The molecule has 0 atom stereocenters. The van der Waals surface area contributed by atoms with Gasteiger partial charge in [-0.25, -0.2) is 0 Å². The molecule has 0 heterocycles. The number of Topliss-reactive ketones (excluding diaryl/α,β-unsaturated/α-hetero) is 1. The van der Waals surface area contributed by atoms with E-state index >= 15 is 0 Å². The Bertz CT molecular complexity index is 621. The molecule has 0 aliphatic carbocycles. The Balaban J connectivity index is 2.13. The van der Waals surface area contributed by atoms with Crippen LogP contribution >= 0.6 is 23.2 Å². The molecule has 110 valence electrons. The zero-order valence-corrected chi connectivity index (χ0v) is 13.0. The molecule has 2 aromatic carbocycles. The molecule has 0 amide bonds. The zero-order valence-electron chi connectivity index (χ0n) is 11.5. The summed E-state index contributed by atoms with van der Waals surface area (Å²) in [5, 5.41) is 9.91. The first-order valence-corrected chi connectivity index (χ1v) is 7.57. The van der Waals surface area contributed by atoms with E-state index in [0.29, 0.717) is 34.9 Å². The number of hydrogen-bond donors (Lipinski definition) is 1. The molecular weight excluding hydrogens is 307 g/mol. The van der Waals surface area contributed by atoms with Gasteiger partial charge in [-0.05, 0) is 30.5 Å². The fourth-order valence-corrected chi connectivity index (χ4v) is 2.62. The zero-order chi connectivity index (χ0) is 15.2. The minimum Gasteiger partial charge on any atom is -0.396 e. The van der Waals surface area contributed by atoms with Gasteiger partial charge >= 0.3 is 0 Å². The molecule has 1 N–H and O–H groups in total. The van der Waals surface area contributed by atoms with Crippen LogP contribution in [-0.2, 0) is 0 Å². The van der Waals surface area contributed by atoms with Gasteiger partial charge in [-0.15, -0.1) is 0 Å². The Kier molecular flexibility index (Phi) is 5.80. The third kappa shape index (κ3) is 4.31. The third-order valence-electron chi connectivity index (χ3n) is 3.26. The summed E-state index contributed by atoms with van der Waals surface area (Å²) < 4.78 is 0. The Morgan fingerprint density at radius 3 is 2.33 bits per heavy atom. The van der Waals surface area contributed by atoms with Gasteiger partial charge in [-0.2, -0.15) is 0 Å². The van der Waals surface area contributed by atoms with Gasteiger partial charge in [0.2, 0.25) is 0 Å². The third-order valence-corrected chi connectivity index (χ3v) is 3.81. The lowest BCUT2D eigenvalue weighted by molar-refractivity contribution is 0.0977.